The topological polar surface area (TPSA) is 232 Å². The number of hydrogen-bond donors (Lipinski definition) is 8. The van der Waals surface area contributed by atoms with Crippen LogP contribution in [0.1, 0.15) is 11.3 Å². The number of aryl methyl sites for hydroxylation is 2. The number of hydrogen-bond acceptors (Lipinski definition) is 9. The van der Waals surface area contributed by atoms with Crippen molar-refractivity contribution in [3.8, 4) is 5.75 Å². The van der Waals surface area contributed by atoms with Gasteiger partial charge in [-0.05, 0) is 42.3 Å². The lowest BCUT2D eigenvalue weighted by molar-refractivity contribution is 0.381. The summed E-state index contributed by atoms with van der Waals surface area (Å²) in [7, 11) is -10.0. The van der Waals surface area contributed by atoms with Gasteiger partial charge in [0.25, 0.3) is 0 Å². The van der Waals surface area contributed by atoms with E-state index in [-0.39, 0.29) is 23.2 Å². The normalized spacial score (nSPS) is 12.1. The number of aromatic nitrogens is 6. The number of phenols is 1. The standard InChI is InChI=1S/C24H26N8O7P2/c33-18-3-1-2-15(10-18)7-9-32-14-28-21-22(30-24(31-23(21)32)26-8-6-17-12-25-13-27-17)29-16-4-5-19(40(34,35)36)20(11-16)41(37,38)39/h1-5,10-14,33H,6-9H2,(H,25,27)(H2,34,35,36)(H2,37,38,39)(H2,26,29,30,31). The molecule has 0 aliphatic rings. The van der Waals surface area contributed by atoms with Crippen molar-refractivity contribution < 1.29 is 33.8 Å². The van der Waals surface area contributed by atoms with E-state index < -0.39 is 25.8 Å². The Labute approximate surface area is 232 Å². The smallest absolute Gasteiger partial charge is 0.357 e. The number of aromatic amines is 1. The van der Waals surface area contributed by atoms with Crippen molar-refractivity contribution >= 4 is 54.4 Å². The number of nitrogens with one attached hydrogen (secondary N) is 3. The van der Waals surface area contributed by atoms with E-state index in [0.717, 1.165) is 23.4 Å². The highest BCUT2D eigenvalue weighted by Gasteiger charge is 2.31. The number of benzene rings is 2. The second-order valence-corrected chi connectivity index (χ2v) is 12.2. The lowest BCUT2D eigenvalue weighted by Gasteiger charge is -2.15. The number of anilines is 3. The minimum absolute atomic E-state index is 0.123. The van der Waals surface area contributed by atoms with Gasteiger partial charge in [-0.3, -0.25) is 9.13 Å². The predicted molar refractivity (Wildman–Crippen MR) is 151 cm³/mol. The van der Waals surface area contributed by atoms with Crippen molar-refractivity contribution in [1.29, 1.82) is 0 Å². The first-order valence-corrected chi connectivity index (χ1v) is 15.4. The molecule has 0 radical (unpaired) electrons. The molecule has 2 aromatic carbocycles. The van der Waals surface area contributed by atoms with E-state index in [2.05, 4.69) is 35.6 Å². The number of H-pyrrole nitrogens is 1. The Morgan fingerprint density at radius 3 is 2.46 bits per heavy atom. The van der Waals surface area contributed by atoms with E-state index in [0.29, 0.717) is 37.1 Å². The first-order valence-electron chi connectivity index (χ1n) is 12.2. The fourth-order valence-electron chi connectivity index (χ4n) is 4.18. The maximum absolute atomic E-state index is 12.0. The molecule has 5 rings (SSSR count). The Morgan fingerprint density at radius 1 is 0.951 bits per heavy atom. The lowest BCUT2D eigenvalue weighted by atomic mass is 10.1. The van der Waals surface area contributed by atoms with Crippen LogP contribution in [0.5, 0.6) is 5.75 Å². The molecule has 214 valence electrons. The summed E-state index contributed by atoms with van der Waals surface area (Å²) in [6.45, 7) is 0.938. The van der Waals surface area contributed by atoms with Crippen molar-refractivity contribution in [3.63, 3.8) is 0 Å². The van der Waals surface area contributed by atoms with Gasteiger partial charge >= 0.3 is 15.2 Å². The average Bonchev–Trinajstić information content (AvgIpc) is 3.57. The van der Waals surface area contributed by atoms with Gasteiger partial charge in [0.15, 0.2) is 17.0 Å². The van der Waals surface area contributed by atoms with Gasteiger partial charge in [0.1, 0.15) is 5.75 Å². The van der Waals surface area contributed by atoms with Crippen molar-refractivity contribution in [3.05, 3.63) is 72.6 Å². The minimum Gasteiger partial charge on any atom is -0.508 e. The van der Waals surface area contributed by atoms with E-state index in [4.69, 9.17) is 0 Å². The van der Waals surface area contributed by atoms with E-state index in [1.807, 2.05) is 10.6 Å². The maximum Gasteiger partial charge on any atom is 0.357 e. The van der Waals surface area contributed by atoms with Gasteiger partial charge in [-0.1, -0.05) is 12.1 Å². The SMILES string of the molecule is O=P(O)(O)c1ccc(Nc2nc(NCCc3cnc[nH]3)nc3c2ncn3CCc2cccc(O)c2)cc1P(=O)(O)O. The molecule has 0 amide bonds. The Hall–Kier alpha value is -4.10. The summed E-state index contributed by atoms with van der Waals surface area (Å²) >= 11 is 0. The maximum atomic E-state index is 12.0. The van der Waals surface area contributed by atoms with Crippen LogP contribution in [-0.2, 0) is 28.5 Å². The van der Waals surface area contributed by atoms with Gasteiger partial charge in [0.2, 0.25) is 5.95 Å². The third-order valence-electron chi connectivity index (χ3n) is 6.11. The highest BCUT2D eigenvalue weighted by atomic mass is 31.2. The Balaban J connectivity index is 1.49. The van der Waals surface area contributed by atoms with Crippen LogP contribution in [0, 0.1) is 0 Å². The Kier molecular flexibility index (Phi) is 7.91. The van der Waals surface area contributed by atoms with Crippen molar-refractivity contribution in [2.24, 2.45) is 0 Å². The molecule has 8 N–H and O–H groups in total. The molecule has 0 saturated carbocycles. The van der Waals surface area contributed by atoms with Crippen LogP contribution in [-0.4, -0.2) is 60.7 Å². The molecule has 3 aromatic heterocycles. The van der Waals surface area contributed by atoms with Gasteiger partial charge in [-0.15, -0.1) is 0 Å². The molecule has 3 heterocycles. The molecular formula is C24H26N8O7P2. The molecule has 0 bridgehead atoms. The summed E-state index contributed by atoms with van der Waals surface area (Å²) < 4.78 is 25.7. The van der Waals surface area contributed by atoms with Crippen LogP contribution in [0.25, 0.3) is 11.2 Å². The molecule has 0 atom stereocenters. The van der Waals surface area contributed by atoms with Gasteiger partial charge in [0, 0.05) is 37.1 Å². The molecule has 5 aromatic rings. The fourth-order valence-corrected chi connectivity index (χ4v) is 6.28. The van der Waals surface area contributed by atoms with Crippen LogP contribution in [0.15, 0.2) is 61.3 Å². The highest BCUT2D eigenvalue weighted by Crippen LogP contribution is 2.41. The van der Waals surface area contributed by atoms with Gasteiger partial charge in [-0.2, -0.15) is 9.97 Å². The van der Waals surface area contributed by atoms with E-state index in [9.17, 15) is 33.8 Å². The Bertz CT molecular complexity index is 1780. The summed E-state index contributed by atoms with van der Waals surface area (Å²) in [5.41, 5.74) is 2.76. The second-order valence-electron chi connectivity index (χ2n) is 9.10. The molecule has 17 heteroatoms. The third kappa shape index (κ3) is 6.80. The van der Waals surface area contributed by atoms with Crippen LogP contribution < -0.4 is 21.2 Å². The summed E-state index contributed by atoms with van der Waals surface area (Å²) in [5.74, 6) is 0.617. The average molecular weight is 600 g/mol. The fraction of sp³-hybridized carbons (Fsp3) is 0.167. The molecule has 0 aliphatic carbocycles. The van der Waals surface area contributed by atoms with Crippen LogP contribution >= 0.6 is 15.2 Å². The first kappa shape index (κ1) is 28.4. The van der Waals surface area contributed by atoms with Gasteiger partial charge in [-0.25, -0.2) is 9.97 Å². The molecule has 0 fully saturated rings. The Morgan fingerprint density at radius 2 is 1.76 bits per heavy atom. The van der Waals surface area contributed by atoms with Crippen LogP contribution in [0.3, 0.4) is 0 Å². The largest absolute Gasteiger partial charge is 0.508 e. The van der Waals surface area contributed by atoms with E-state index >= 15 is 0 Å². The number of nitrogens with zero attached hydrogens (tertiary/aromatic N) is 5. The molecule has 15 nitrogen and oxygen atoms in total. The lowest BCUT2D eigenvalue weighted by Crippen LogP contribution is -2.25. The number of imidazole rings is 2. The number of rotatable bonds is 11. The molecule has 0 aliphatic heterocycles. The second kappa shape index (κ2) is 11.4. The predicted octanol–water partition coefficient (Wildman–Crippen LogP) is 1.50. The third-order valence-corrected chi connectivity index (χ3v) is 8.31. The van der Waals surface area contributed by atoms with E-state index in [1.165, 1.54) is 6.07 Å². The first-order chi connectivity index (χ1) is 19.5. The van der Waals surface area contributed by atoms with Gasteiger partial charge < -0.3 is 44.9 Å². The zero-order valence-electron chi connectivity index (χ0n) is 21.3. The zero-order chi connectivity index (χ0) is 29.2. The number of phenolic OH excluding ortho intramolecular Hbond substituents is 1. The van der Waals surface area contributed by atoms with Crippen LogP contribution in [0.2, 0.25) is 0 Å². The van der Waals surface area contributed by atoms with Crippen molar-refractivity contribution in [2.75, 3.05) is 17.2 Å². The van der Waals surface area contributed by atoms with E-state index in [1.54, 1.807) is 37.1 Å². The summed E-state index contributed by atoms with van der Waals surface area (Å²) in [6.07, 6.45) is 6.05. The summed E-state index contributed by atoms with van der Waals surface area (Å²) in [4.78, 5) is 59.2. The summed E-state index contributed by atoms with van der Waals surface area (Å²) in [6, 6.07) is 10.1. The quantitative estimate of drug-likeness (QED) is 0.101. The molecule has 0 spiro atoms. The van der Waals surface area contributed by atoms with Gasteiger partial charge in [0.05, 0.1) is 23.3 Å². The monoisotopic (exact) mass is 600 g/mol. The minimum atomic E-state index is -5.04. The van der Waals surface area contributed by atoms with Crippen LogP contribution in [0.4, 0.5) is 17.5 Å². The number of fused-ring (bicyclic) bond motifs is 1. The van der Waals surface area contributed by atoms with Crippen molar-refractivity contribution in [2.45, 2.75) is 19.4 Å². The molecule has 41 heavy (non-hydrogen) atoms. The molecular weight excluding hydrogens is 574 g/mol. The number of aromatic hydroxyl groups is 1. The molecule has 0 saturated heterocycles. The highest BCUT2D eigenvalue weighted by molar-refractivity contribution is 7.67. The molecule has 0 unspecified atom stereocenters. The van der Waals surface area contributed by atoms with Crippen molar-refractivity contribution in [1.82, 2.24) is 29.5 Å². The zero-order valence-corrected chi connectivity index (χ0v) is 23.1. The summed E-state index contributed by atoms with van der Waals surface area (Å²) in [5, 5.41) is 14.3.